The minimum atomic E-state index is 0.630. The molecule has 3 rings (SSSR count). The van der Waals surface area contributed by atoms with Gasteiger partial charge in [-0.1, -0.05) is 12.2 Å². The highest BCUT2D eigenvalue weighted by Crippen LogP contribution is 2.36. The van der Waals surface area contributed by atoms with Gasteiger partial charge < -0.3 is 9.47 Å². The van der Waals surface area contributed by atoms with E-state index >= 15 is 0 Å². The largest absolute Gasteiger partial charge is 0.488 e. The van der Waals surface area contributed by atoms with E-state index in [1.807, 2.05) is 36.4 Å². The average molecular weight is 198 g/mol. The van der Waals surface area contributed by atoms with Crippen LogP contribution in [0.5, 0.6) is 11.5 Å². The Morgan fingerprint density at radius 2 is 2.07 bits per heavy atom. The monoisotopic (exact) mass is 198 g/mol. The second kappa shape index (κ2) is 3.31. The first kappa shape index (κ1) is 8.36. The summed E-state index contributed by atoms with van der Waals surface area (Å²) >= 11 is 0. The SMILES string of the molecule is C1=COc2ccc3c(c2C=C1)OCC=C3. The van der Waals surface area contributed by atoms with E-state index in [1.165, 1.54) is 0 Å². The van der Waals surface area contributed by atoms with Gasteiger partial charge in [0.2, 0.25) is 0 Å². The van der Waals surface area contributed by atoms with Gasteiger partial charge in [-0.15, -0.1) is 0 Å². The molecule has 0 bridgehead atoms. The van der Waals surface area contributed by atoms with Gasteiger partial charge in [-0.25, -0.2) is 0 Å². The highest BCUT2D eigenvalue weighted by molar-refractivity contribution is 5.74. The lowest BCUT2D eigenvalue weighted by atomic mass is 10.1. The van der Waals surface area contributed by atoms with Gasteiger partial charge in [0.25, 0.3) is 0 Å². The lowest BCUT2D eigenvalue weighted by Crippen LogP contribution is -2.02. The molecule has 2 heteroatoms. The van der Waals surface area contributed by atoms with Crippen molar-refractivity contribution in [2.24, 2.45) is 0 Å². The normalized spacial score (nSPS) is 16.0. The summed E-state index contributed by atoms with van der Waals surface area (Å²) in [6.07, 6.45) is 11.6. The van der Waals surface area contributed by atoms with Gasteiger partial charge in [-0.3, -0.25) is 0 Å². The summed E-state index contributed by atoms with van der Waals surface area (Å²) in [5.41, 5.74) is 2.12. The van der Waals surface area contributed by atoms with E-state index in [0.717, 1.165) is 22.6 Å². The van der Waals surface area contributed by atoms with Crippen LogP contribution in [0.1, 0.15) is 11.1 Å². The standard InChI is InChI=1S/C13H10O2/c1-2-8-14-12-7-6-10-4-3-9-15-13(10)11(12)5-1/h1-8H,9H2. The first-order valence-corrected chi connectivity index (χ1v) is 4.91. The Kier molecular flexibility index (Phi) is 1.85. The summed E-state index contributed by atoms with van der Waals surface area (Å²) in [7, 11) is 0. The lowest BCUT2D eigenvalue weighted by molar-refractivity contribution is 0.355. The molecule has 15 heavy (non-hydrogen) atoms. The molecule has 2 heterocycles. The summed E-state index contributed by atoms with van der Waals surface area (Å²) < 4.78 is 11.1. The molecule has 0 saturated carbocycles. The fourth-order valence-electron chi connectivity index (χ4n) is 1.77. The third kappa shape index (κ3) is 1.34. The van der Waals surface area contributed by atoms with E-state index in [9.17, 15) is 0 Å². The van der Waals surface area contributed by atoms with E-state index in [2.05, 4.69) is 6.08 Å². The van der Waals surface area contributed by atoms with Gasteiger partial charge in [0.1, 0.15) is 18.1 Å². The summed E-state index contributed by atoms with van der Waals surface area (Å²) in [6, 6.07) is 3.98. The maximum absolute atomic E-state index is 5.63. The van der Waals surface area contributed by atoms with E-state index in [4.69, 9.17) is 9.47 Å². The smallest absolute Gasteiger partial charge is 0.137 e. The van der Waals surface area contributed by atoms with Crippen LogP contribution in [0.4, 0.5) is 0 Å². The number of allylic oxidation sites excluding steroid dienone is 2. The molecule has 0 fully saturated rings. The van der Waals surface area contributed by atoms with E-state index in [-0.39, 0.29) is 0 Å². The zero-order chi connectivity index (χ0) is 10.1. The van der Waals surface area contributed by atoms with Crippen LogP contribution in [0, 0.1) is 0 Å². The Morgan fingerprint density at radius 1 is 1.07 bits per heavy atom. The molecule has 0 amide bonds. The number of hydrogen-bond acceptors (Lipinski definition) is 2. The van der Waals surface area contributed by atoms with Crippen LogP contribution in [0.25, 0.3) is 12.2 Å². The molecule has 1 aromatic rings. The number of rotatable bonds is 0. The quantitative estimate of drug-likeness (QED) is 0.638. The third-order valence-corrected chi connectivity index (χ3v) is 2.46. The highest BCUT2D eigenvalue weighted by atomic mass is 16.5. The zero-order valence-corrected chi connectivity index (χ0v) is 8.14. The van der Waals surface area contributed by atoms with Gasteiger partial charge in [-0.05, 0) is 30.4 Å². The van der Waals surface area contributed by atoms with E-state index in [1.54, 1.807) is 6.26 Å². The van der Waals surface area contributed by atoms with Crippen LogP contribution in [0.3, 0.4) is 0 Å². The first-order chi connectivity index (χ1) is 7.45. The Bertz CT molecular complexity index is 482. The molecule has 0 N–H and O–H groups in total. The van der Waals surface area contributed by atoms with Gasteiger partial charge >= 0.3 is 0 Å². The second-order valence-electron chi connectivity index (χ2n) is 3.41. The summed E-state index contributed by atoms with van der Waals surface area (Å²) in [6.45, 7) is 0.630. The van der Waals surface area contributed by atoms with Crippen molar-refractivity contribution in [3.8, 4) is 11.5 Å². The maximum atomic E-state index is 5.63. The second-order valence-corrected chi connectivity index (χ2v) is 3.41. The molecular formula is C13H10O2. The summed E-state index contributed by atoms with van der Waals surface area (Å²) in [5.74, 6) is 1.75. The minimum Gasteiger partial charge on any atom is -0.488 e. The summed E-state index contributed by atoms with van der Waals surface area (Å²) in [5, 5.41) is 0. The molecule has 0 saturated heterocycles. The molecule has 0 spiro atoms. The molecular weight excluding hydrogens is 188 g/mol. The van der Waals surface area contributed by atoms with Crippen molar-refractivity contribution >= 4 is 12.2 Å². The summed E-state index contributed by atoms with van der Waals surface area (Å²) in [4.78, 5) is 0. The number of ether oxygens (including phenoxy) is 2. The number of benzene rings is 1. The molecule has 1 aromatic carbocycles. The Labute approximate surface area is 88.1 Å². The van der Waals surface area contributed by atoms with E-state index < -0.39 is 0 Å². The van der Waals surface area contributed by atoms with Crippen molar-refractivity contribution in [1.29, 1.82) is 0 Å². The Hall–Kier alpha value is -1.96. The van der Waals surface area contributed by atoms with Crippen molar-refractivity contribution in [1.82, 2.24) is 0 Å². The minimum absolute atomic E-state index is 0.630. The van der Waals surface area contributed by atoms with Crippen LogP contribution in [-0.2, 0) is 0 Å². The molecule has 2 aliphatic rings. The van der Waals surface area contributed by atoms with Gasteiger partial charge in [0, 0.05) is 5.56 Å². The van der Waals surface area contributed by atoms with Crippen LogP contribution in [0.2, 0.25) is 0 Å². The van der Waals surface area contributed by atoms with Crippen molar-refractivity contribution in [2.45, 2.75) is 0 Å². The zero-order valence-electron chi connectivity index (χ0n) is 8.14. The number of fused-ring (bicyclic) bond motifs is 3. The molecule has 0 atom stereocenters. The predicted molar refractivity (Wildman–Crippen MR) is 59.8 cm³/mol. The molecule has 0 aliphatic carbocycles. The fourth-order valence-corrected chi connectivity index (χ4v) is 1.77. The van der Waals surface area contributed by atoms with Crippen molar-refractivity contribution in [3.63, 3.8) is 0 Å². The maximum Gasteiger partial charge on any atom is 0.137 e. The van der Waals surface area contributed by atoms with Crippen LogP contribution < -0.4 is 9.47 Å². The van der Waals surface area contributed by atoms with Crippen LogP contribution in [-0.4, -0.2) is 6.61 Å². The number of hydrogen-bond donors (Lipinski definition) is 0. The third-order valence-electron chi connectivity index (χ3n) is 2.46. The highest BCUT2D eigenvalue weighted by Gasteiger charge is 2.14. The molecule has 74 valence electrons. The Morgan fingerprint density at radius 3 is 3.07 bits per heavy atom. The average Bonchev–Trinajstić information content (AvgIpc) is 2.54. The van der Waals surface area contributed by atoms with Crippen molar-refractivity contribution in [3.05, 3.63) is 47.7 Å². The van der Waals surface area contributed by atoms with Gasteiger partial charge in [0.05, 0.1) is 11.8 Å². The molecule has 0 unspecified atom stereocenters. The van der Waals surface area contributed by atoms with Gasteiger partial charge in [-0.2, -0.15) is 0 Å². The molecule has 0 aromatic heterocycles. The first-order valence-electron chi connectivity index (χ1n) is 4.91. The molecule has 0 radical (unpaired) electrons. The topological polar surface area (TPSA) is 18.5 Å². The predicted octanol–water partition coefficient (Wildman–Crippen LogP) is 3.01. The Balaban J connectivity index is 2.23. The van der Waals surface area contributed by atoms with Crippen molar-refractivity contribution < 1.29 is 9.47 Å². The fraction of sp³-hybridized carbons (Fsp3) is 0.0769. The van der Waals surface area contributed by atoms with Crippen molar-refractivity contribution in [2.75, 3.05) is 6.61 Å². The molecule has 2 nitrogen and oxygen atoms in total. The molecule has 2 aliphatic heterocycles. The van der Waals surface area contributed by atoms with Gasteiger partial charge in [0.15, 0.2) is 0 Å². The lowest BCUT2D eigenvalue weighted by Gasteiger charge is -2.16. The van der Waals surface area contributed by atoms with E-state index in [0.29, 0.717) is 6.61 Å². The van der Waals surface area contributed by atoms with Crippen LogP contribution >= 0.6 is 0 Å². The van der Waals surface area contributed by atoms with Crippen LogP contribution in [0.15, 0.2) is 36.6 Å².